The van der Waals surface area contributed by atoms with Crippen LogP contribution in [-0.4, -0.2) is 27.2 Å². The number of nitrogens with one attached hydrogen (secondary N) is 1. The van der Waals surface area contributed by atoms with Crippen molar-refractivity contribution in [3.63, 3.8) is 0 Å². The minimum Gasteiger partial charge on any atom is -0.271 e. The van der Waals surface area contributed by atoms with Crippen molar-refractivity contribution in [2.24, 2.45) is 11.8 Å². The summed E-state index contributed by atoms with van der Waals surface area (Å²) < 4.78 is 26.6. The van der Waals surface area contributed by atoms with Gasteiger partial charge in [0, 0.05) is 13.0 Å². The van der Waals surface area contributed by atoms with Crippen LogP contribution in [0.15, 0.2) is 6.33 Å². The zero-order valence-corrected chi connectivity index (χ0v) is 9.40. The monoisotopic (exact) mass is 233 g/mol. The van der Waals surface area contributed by atoms with E-state index in [9.17, 15) is 8.78 Å². The van der Waals surface area contributed by atoms with E-state index in [1.165, 1.54) is 6.33 Å². The third-order valence-corrected chi connectivity index (χ3v) is 2.15. The number of rotatable bonds is 6. The minimum absolute atomic E-state index is 0.0703. The smallest absolute Gasteiger partial charge is 0.255 e. The molecule has 0 aliphatic carbocycles. The highest BCUT2D eigenvalue weighted by atomic mass is 19.3. The van der Waals surface area contributed by atoms with Crippen LogP contribution in [0.3, 0.4) is 0 Å². The number of alkyl halides is 2. The predicted octanol–water partition coefficient (Wildman–Crippen LogP) is 0.574. The molecule has 0 radical (unpaired) electrons. The van der Waals surface area contributed by atoms with Gasteiger partial charge in [0.1, 0.15) is 12.2 Å². The van der Waals surface area contributed by atoms with Crippen LogP contribution < -0.4 is 11.3 Å². The van der Waals surface area contributed by atoms with Gasteiger partial charge in [-0.25, -0.2) is 18.4 Å². The van der Waals surface area contributed by atoms with Gasteiger partial charge in [0.05, 0.1) is 6.04 Å². The molecule has 1 unspecified atom stereocenters. The molecular formula is C9H17F2N5. The van der Waals surface area contributed by atoms with Gasteiger partial charge in [0.2, 0.25) is 0 Å². The second-order valence-corrected chi connectivity index (χ2v) is 4.06. The van der Waals surface area contributed by atoms with Gasteiger partial charge in [-0.3, -0.25) is 11.3 Å². The van der Waals surface area contributed by atoms with Gasteiger partial charge in [-0.1, -0.05) is 13.8 Å². The lowest BCUT2D eigenvalue weighted by molar-refractivity contribution is 0.0968. The normalized spacial score (nSPS) is 13.7. The molecule has 7 heteroatoms. The molecule has 0 saturated heterocycles. The summed E-state index contributed by atoms with van der Waals surface area (Å²) in [4.78, 5) is 3.96. The van der Waals surface area contributed by atoms with Gasteiger partial charge in [0.25, 0.3) is 6.43 Å². The van der Waals surface area contributed by atoms with Crippen LogP contribution in [0.25, 0.3) is 0 Å². The van der Waals surface area contributed by atoms with Crippen LogP contribution >= 0.6 is 0 Å². The summed E-state index contributed by atoms with van der Waals surface area (Å²) in [5.41, 5.74) is 2.09. The van der Waals surface area contributed by atoms with Crippen molar-refractivity contribution in [3.8, 4) is 0 Å². The van der Waals surface area contributed by atoms with E-state index in [0.29, 0.717) is 18.3 Å². The highest BCUT2D eigenvalue weighted by Crippen LogP contribution is 2.08. The molecule has 92 valence electrons. The summed E-state index contributed by atoms with van der Waals surface area (Å²) >= 11 is 0. The SMILES string of the molecule is CC(C)Cn1ncnc1CC(NN)C(F)F. The first kappa shape index (κ1) is 13.0. The third-order valence-electron chi connectivity index (χ3n) is 2.15. The van der Waals surface area contributed by atoms with Crippen LogP contribution in [0.5, 0.6) is 0 Å². The molecule has 5 nitrogen and oxygen atoms in total. The molecule has 1 heterocycles. The Hall–Kier alpha value is -1.08. The van der Waals surface area contributed by atoms with Crippen molar-refractivity contribution in [2.75, 3.05) is 0 Å². The van der Waals surface area contributed by atoms with Gasteiger partial charge in [-0.2, -0.15) is 5.10 Å². The molecule has 0 saturated carbocycles. The van der Waals surface area contributed by atoms with Crippen LogP contribution in [-0.2, 0) is 13.0 Å². The average molecular weight is 233 g/mol. The van der Waals surface area contributed by atoms with Crippen molar-refractivity contribution in [1.29, 1.82) is 0 Å². The van der Waals surface area contributed by atoms with Crippen molar-refractivity contribution in [2.45, 2.75) is 39.3 Å². The topological polar surface area (TPSA) is 68.8 Å². The summed E-state index contributed by atoms with van der Waals surface area (Å²) in [6, 6.07) is -1.09. The highest BCUT2D eigenvalue weighted by molar-refractivity contribution is 4.90. The minimum atomic E-state index is -2.52. The first-order valence-corrected chi connectivity index (χ1v) is 5.15. The van der Waals surface area contributed by atoms with Crippen LogP contribution in [0, 0.1) is 5.92 Å². The average Bonchev–Trinajstić information content (AvgIpc) is 2.60. The first-order valence-electron chi connectivity index (χ1n) is 5.15. The highest BCUT2D eigenvalue weighted by Gasteiger charge is 2.21. The Morgan fingerprint density at radius 1 is 1.50 bits per heavy atom. The van der Waals surface area contributed by atoms with E-state index in [1.54, 1.807) is 4.68 Å². The molecule has 1 rings (SSSR count). The van der Waals surface area contributed by atoms with Gasteiger partial charge in [0.15, 0.2) is 0 Å². The molecule has 0 fully saturated rings. The Balaban J connectivity index is 2.68. The number of aromatic nitrogens is 3. The zero-order chi connectivity index (χ0) is 12.1. The summed E-state index contributed by atoms with van der Waals surface area (Å²) in [5, 5.41) is 4.00. The largest absolute Gasteiger partial charge is 0.271 e. The summed E-state index contributed by atoms with van der Waals surface area (Å²) in [6.07, 6.45) is -1.08. The van der Waals surface area contributed by atoms with Crippen LogP contribution in [0.1, 0.15) is 19.7 Å². The van der Waals surface area contributed by atoms with Crippen LogP contribution in [0.2, 0.25) is 0 Å². The molecule has 0 aromatic carbocycles. The van der Waals surface area contributed by atoms with E-state index in [-0.39, 0.29) is 6.42 Å². The van der Waals surface area contributed by atoms with Gasteiger partial charge in [-0.05, 0) is 5.92 Å². The first-order chi connectivity index (χ1) is 7.54. The molecular weight excluding hydrogens is 216 g/mol. The summed E-state index contributed by atoms with van der Waals surface area (Å²) in [6.45, 7) is 4.71. The molecule has 16 heavy (non-hydrogen) atoms. The molecule has 0 spiro atoms. The van der Waals surface area contributed by atoms with Crippen molar-refractivity contribution in [3.05, 3.63) is 12.2 Å². The molecule has 0 aliphatic rings. The van der Waals surface area contributed by atoms with E-state index in [1.807, 2.05) is 13.8 Å². The number of hydrazine groups is 1. The Bertz CT molecular complexity index is 313. The second-order valence-electron chi connectivity index (χ2n) is 4.06. The standard InChI is InChI=1S/C9H17F2N5/c1-6(2)4-16-8(13-5-14-16)3-7(15-12)9(10)11/h5-7,9,15H,3-4,12H2,1-2H3. The van der Waals surface area contributed by atoms with Crippen molar-refractivity contribution < 1.29 is 8.78 Å². The van der Waals surface area contributed by atoms with E-state index in [2.05, 4.69) is 15.5 Å². The molecule has 1 atom stereocenters. The number of hydrogen-bond acceptors (Lipinski definition) is 4. The van der Waals surface area contributed by atoms with E-state index < -0.39 is 12.5 Å². The maximum atomic E-state index is 12.5. The fraction of sp³-hybridized carbons (Fsp3) is 0.778. The van der Waals surface area contributed by atoms with Gasteiger partial charge in [-0.15, -0.1) is 0 Å². The lowest BCUT2D eigenvalue weighted by Crippen LogP contribution is -2.42. The van der Waals surface area contributed by atoms with Gasteiger partial charge >= 0.3 is 0 Å². The Morgan fingerprint density at radius 2 is 2.19 bits per heavy atom. The Kier molecular flexibility index (Phi) is 4.75. The van der Waals surface area contributed by atoms with E-state index in [0.717, 1.165) is 0 Å². The fourth-order valence-electron chi connectivity index (χ4n) is 1.36. The summed E-state index contributed by atoms with van der Waals surface area (Å²) in [7, 11) is 0. The third kappa shape index (κ3) is 3.49. The molecule has 0 bridgehead atoms. The Morgan fingerprint density at radius 3 is 2.69 bits per heavy atom. The molecule has 1 aromatic rings. The van der Waals surface area contributed by atoms with Crippen molar-refractivity contribution in [1.82, 2.24) is 20.2 Å². The number of nitrogens with two attached hydrogens (primary N) is 1. The predicted molar refractivity (Wildman–Crippen MR) is 55.7 cm³/mol. The zero-order valence-electron chi connectivity index (χ0n) is 9.40. The van der Waals surface area contributed by atoms with Crippen LogP contribution in [0.4, 0.5) is 8.78 Å². The molecule has 0 aliphatic heterocycles. The quantitative estimate of drug-likeness (QED) is 0.557. The number of halogens is 2. The van der Waals surface area contributed by atoms with E-state index in [4.69, 9.17) is 5.84 Å². The van der Waals surface area contributed by atoms with Crippen molar-refractivity contribution >= 4 is 0 Å². The molecule has 3 N–H and O–H groups in total. The molecule has 0 amide bonds. The summed E-state index contributed by atoms with van der Waals surface area (Å²) in [5.74, 6) is 5.96. The number of hydrogen-bond donors (Lipinski definition) is 2. The lowest BCUT2D eigenvalue weighted by atomic mass is 10.2. The maximum absolute atomic E-state index is 12.5. The Labute approximate surface area is 93.0 Å². The lowest BCUT2D eigenvalue weighted by Gasteiger charge is -2.15. The number of nitrogens with zero attached hydrogens (tertiary/aromatic N) is 3. The maximum Gasteiger partial charge on any atom is 0.255 e. The van der Waals surface area contributed by atoms with E-state index >= 15 is 0 Å². The van der Waals surface area contributed by atoms with Gasteiger partial charge < -0.3 is 0 Å². The fourth-order valence-corrected chi connectivity index (χ4v) is 1.36. The molecule has 1 aromatic heterocycles. The second kappa shape index (κ2) is 5.86.